The van der Waals surface area contributed by atoms with Gasteiger partial charge in [0.25, 0.3) is 5.91 Å². The van der Waals surface area contributed by atoms with E-state index >= 15 is 0 Å². The highest BCUT2D eigenvalue weighted by atomic mass is 32.1. The van der Waals surface area contributed by atoms with Gasteiger partial charge in [-0.05, 0) is 49.2 Å². The number of carbonyl (C=O) groups is 2. The number of methoxy groups -OCH3 is 1. The van der Waals surface area contributed by atoms with E-state index in [0.717, 1.165) is 21.9 Å². The predicted octanol–water partition coefficient (Wildman–Crippen LogP) is 4.11. The summed E-state index contributed by atoms with van der Waals surface area (Å²) >= 11 is 1.39. The third-order valence-corrected chi connectivity index (χ3v) is 5.26. The van der Waals surface area contributed by atoms with E-state index in [2.05, 4.69) is 15.6 Å². The van der Waals surface area contributed by atoms with Gasteiger partial charge in [-0.1, -0.05) is 13.8 Å². The van der Waals surface area contributed by atoms with Crippen LogP contribution in [0.5, 0.6) is 5.75 Å². The molecule has 2 amide bonds. The smallest absolute Gasteiger partial charge is 0.287 e. The molecule has 8 heteroatoms. The minimum Gasteiger partial charge on any atom is -0.497 e. The fraction of sp³-hybridized carbons (Fsp3) is 0.286. The minimum atomic E-state index is -0.721. The fourth-order valence-corrected chi connectivity index (χ4v) is 3.64. The number of amides is 2. The van der Waals surface area contributed by atoms with Crippen molar-refractivity contribution in [2.75, 3.05) is 12.4 Å². The van der Waals surface area contributed by atoms with Crippen LogP contribution in [0.25, 0.3) is 11.3 Å². The Balaban J connectivity index is 1.73. The summed E-state index contributed by atoms with van der Waals surface area (Å²) in [6, 6.07) is 10.0. The monoisotopic (exact) mass is 413 g/mol. The Hall–Kier alpha value is -3.13. The van der Waals surface area contributed by atoms with Gasteiger partial charge in [0.2, 0.25) is 5.91 Å². The summed E-state index contributed by atoms with van der Waals surface area (Å²) in [4.78, 5) is 30.6. The average Bonchev–Trinajstić information content (AvgIpc) is 3.35. The number of hydrogen-bond donors (Lipinski definition) is 2. The minimum absolute atomic E-state index is 0.115. The second-order valence-electron chi connectivity index (χ2n) is 6.81. The molecule has 3 rings (SSSR count). The lowest BCUT2D eigenvalue weighted by Crippen LogP contribution is -2.47. The lowest BCUT2D eigenvalue weighted by molar-refractivity contribution is -0.118. The molecule has 7 nitrogen and oxygen atoms in total. The Morgan fingerprint density at radius 1 is 1.17 bits per heavy atom. The van der Waals surface area contributed by atoms with Crippen LogP contribution in [0.15, 0.2) is 47.1 Å². The zero-order valence-corrected chi connectivity index (χ0v) is 17.5. The van der Waals surface area contributed by atoms with Crippen LogP contribution in [0.2, 0.25) is 0 Å². The molecule has 0 saturated carbocycles. The molecule has 0 fully saturated rings. The first-order valence-corrected chi connectivity index (χ1v) is 9.97. The van der Waals surface area contributed by atoms with Crippen LogP contribution in [0, 0.1) is 12.8 Å². The molecule has 0 aliphatic rings. The lowest BCUT2D eigenvalue weighted by atomic mass is 10.0. The van der Waals surface area contributed by atoms with Gasteiger partial charge in [-0.15, -0.1) is 11.3 Å². The molecule has 0 bridgehead atoms. The first-order chi connectivity index (χ1) is 13.9. The number of aryl methyl sites for hydroxylation is 1. The molecule has 2 heterocycles. The maximum Gasteiger partial charge on any atom is 0.287 e. The summed E-state index contributed by atoms with van der Waals surface area (Å²) in [6.07, 6.45) is 1.42. The highest BCUT2D eigenvalue weighted by Gasteiger charge is 2.26. The quantitative estimate of drug-likeness (QED) is 0.608. The molecule has 0 saturated heterocycles. The Kier molecular flexibility index (Phi) is 6.33. The second kappa shape index (κ2) is 8.91. The number of nitrogens with zero attached hydrogens (tertiary/aromatic N) is 1. The van der Waals surface area contributed by atoms with E-state index in [1.54, 1.807) is 19.2 Å². The SMILES string of the molecule is COc1ccc(-c2nc(NC(=O)[C@@H](NC(=O)c3ccco3)C(C)C)sc2C)cc1. The van der Waals surface area contributed by atoms with Crippen LogP contribution < -0.4 is 15.4 Å². The molecule has 0 spiro atoms. The second-order valence-corrected chi connectivity index (χ2v) is 8.02. The molecule has 29 heavy (non-hydrogen) atoms. The van der Waals surface area contributed by atoms with Crippen LogP contribution in [-0.4, -0.2) is 29.9 Å². The summed E-state index contributed by atoms with van der Waals surface area (Å²) in [6.45, 7) is 5.68. The highest BCUT2D eigenvalue weighted by Crippen LogP contribution is 2.31. The van der Waals surface area contributed by atoms with E-state index in [0.29, 0.717) is 5.13 Å². The standard InChI is InChI=1S/C21H23N3O4S/c1-12(2)17(22-19(25)16-6-5-11-28-16)20(26)24-21-23-18(13(3)29-21)14-7-9-15(27-4)10-8-14/h5-12,17H,1-4H3,(H,22,25)(H,23,24,26)/t17-/m0/s1. The van der Waals surface area contributed by atoms with E-state index in [9.17, 15) is 9.59 Å². The molecule has 0 aliphatic carbocycles. The molecule has 0 unspecified atom stereocenters. The zero-order valence-electron chi connectivity index (χ0n) is 16.7. The van der Waals surface area contributed by atoms with Crippen molar-refractivity contribution in [3.05, 3.63) is 53.3 Å². The van der Waals surface area contributed by atoms with Crippen molar-refractivity contribution in [2.45, 2.75) is 26.8 Å². The van der Waals surface area contributed by atoms with Gasteiger partial charge in [0.05, 0.1) is 19.1 Å². The third kappa shape index (κ3) is 4.83. The molecule has 0 aliphatic heterocycles. The number of ether oxygens (including phenoxy) is 1. The maximum atomic E-state index is 12.8. The van der Waals surface area contributed by atoms with Crippen molar-refractivity contribution in [3.8, 4) is 17.0 Å². The summed E-state index contributed by atoms with van der Waals surface area (Å²) in [5, 5.41) is 6.03. The molecule has 1 atom stereocenters. The van der Waals surface area contributed by atoms with E-state index in [4.69, 9.17) is 9.15 Å². The number of carbonyl (C=O) groups excluding carboxylic acids is 2. The number of rotatable bonds is 7. The summed E-state index contributed by atoms with van der Waals surface area (Å²) in [5.41, 5.74) is 1.74. The number of hydrogen-bond acceptors (Lipinski definition) is 6. The first kappa shape index (κ1) is 20.6. The van der Waals surface area contributed by atoms with E-state index in [1.165, 1.54) is 17.6 Å². The summed E-state index contributed by atoms with van der Waals surface area (Å²) < 4.78 is 10.3. The molecular weight excluding hydrogens is 390 g/mol. The predicted molar refractivity (Wildman–Crippen MR) is 112 cm³/mol. The number of thiazole rings is 1. The third-order valence-electron chi connectivity index (χ3n) is 4.37. The number of furan rings is 1. The van der Waals surface area contributed by atoms with E-state index in [-0.39, 0.29) is 17.6 Å². The van der Waals surface area contributed by atoms with Crippen LogP contribution in [0.3, 0.4) is 0 Å². The Morgan fingerprint density at radius 3 is 2.48 bits per heavy atom. The highest BCUT2D eigenvalue weighted by molar-refractivity contribution is 7.16. The topological polar surface area (TPSA) is 93.5 Å². The fourth-order valence-electron chi connectivity index (χ4n) is 2.80. The zero-order chi connectivity index (χ0) is 21.0. The number of nitrogens with one attached hydrogen (secondary N) is 2. The maximum absolute atomic E-state index is 12.8. The Labute approximate surface area is 173 Å². The number of aromatic nitrogens is 1. The lowest BCUT2D eigenvalue weighted by Gasteiger charge is -2.20. The largest absolute Gasteiger partial charge is 0.497 e. The Morgan fingerprint density at radius 2 is 1.90 bits per heavy atom. The molecule has 0 radical (unpaired) electrons. The molecule has 1 aromatic carbocycles. The summed E-state index contributed by atoms with van der Waals surface area (Å²) in [7, 11) is 1.62. The van der Waals surface area contributed by atoms with Crippen molar-refractivity contribution < 1.29 is 18.7 Å². The number of benzene rings is 1. The van der Waals surface area contributed by atoms with Crippen molar-refractivity contribution in [2.24, 2.45) is 5.92 Å². The van der Waals surface area contributed by atoms with Gasteiger partial charge >= 0.3 is 0 Å². The molecule has 3 aromatic rings. The van der Waals surface area contributed by atoms with Gasteiger partial charge in [-0.2, -0.15) is 0 Å². The molecule has 2 aromatic heterocycles. The van der Waals surface area contributed by atoms with E-state index < -0.39 is 11.9 Å². The van der Waals surface area contributed by atoms with Crippen LogP contribution in [-0.2, 0) is 4.79 Å². The molecular formula is C21H23N3O4S. The first-order valence-electron chi connectivity index (χ1n) is 9.16. The van der Waals surface area contributed by atoms with Crippen LogP contribution >= 0.6 is 11.3 Å². The number of anilines is 1. The normalized spacial score (nSPS) is 11.9. The Bertz CT molecular complexity index is 978. The molecule has 152 valence electrons. The van der Waals surface area contributed by atoms with Crippen LogP contribution in [0.4, 0.5) is 5.13 Å². The van der Waals surface area contributed by atoms with Gasteiger partial charge in [0.1, 0.15) is 11.8 Å². The van der Waals surface area contributed by atoms with Gasteiger partial charge in [0, 0.05) is 10.4 Å². The van der Waals surface area contributed by atoms with Crippen molar-refractivity contribution in [1.82, 2.24) is 10.3 Å². The molecule has 2 N–H and O–H groups in total. The van der Waals surface area contributed by atoms with Gasteiger partial charge in [-0.25, -0.2) is 4.98 Å². The summed E-state index contributed by atoms with van der Waals surface area (Å²) in [5.74, 6) is 0.0571. The van der Waals surface area contributed by atoms with E-state index in [1.807, 2.05) is 45.0 Å². The van der Waals surface area contributed by atoms with Gasteiger partial charge < -0.3 is 19.8 Å². The van der Waals surface area contributed by atoms with Crippen molar-refractivity contribution >= 4 is 28.3 Å². The van der Waals surface area contributed by atoms with Crippen LogP contribution in [0.1, 0.15) is 29.3 Å². The van der Waals surface area contributed by atoms with Gasteiger partial charge in [0.15, 0.2) is 10.9 Å². The van der Waals surface area contributed by atoms with Gasteiger partial charge in [-0.3, -0.25) is 9.59 Å². The van der Waals surface area contributed by atoms with Crippen molar-refractivity contribution in [1.29, 1.82) is 0 Å². The van der Waals surface area contributed by atoms with Crippen molar-refractivity contribution in [3.63, 3.8) is 0 Å². The average molecular weight is 413 g/mol.